The van der Waals surface area contributed by atoms with Gasteiger partial charge in [0.1, 0.15) is 6.54 Å². The van der Waals surface area contributed by atoms with Crippen molar-refractivity contribution in [2.24, 2.45) is 0 Å². The van der Waals surface area contributed by atoms with Crippen LogP contribution in [0, 0.1) is 0 Å². The predicted octanol–water partition coefficient (Wildman–Crippen LogP) is 2.70. The molecule has 2 aromatic rings. The minimum Gasteiger partial charge on any atom is -0.335 e. The Labute approximate surface area is 127 Å². The van der Waals surface area contributed by atoms with E-state index in [-0.39, 0.29) is 5.91 Å². The molecule has 20 heavy (non-hydrogen) atoms. The summed E-state index contributed by atoms with van der Waals surface area (Å²) in [6.07, 6.45) is 0. The fraction of sp³-hybridized carbons (Fsp3) is 0.133. The van der Waals surface area contributed by atoms with Crippen LogP contribution < -0.4 is 10.6 Å². The Hall–Kier alpha value is -1.55. The molecule has 0 radical (unpaired) electrons. The zero-order valence-corrected chi connectivity index (χ0v) is 12.3. The van der Waals surface area contributed by atoms with Crippen LogP contribution in [0.25, 0.3) is 0 Å². The Morgan fingerprint density at radius 1 is 1.05 bits per heavy atom. The number of carbonyl (C=O) groups is 1. The summed E-state index contributed by atoms with van der Waals surface area (Å²) in [4.78, 5) is 11.8. The van der Waals surface area contributed by atoms with Crippen LogP contribution in [-0.4, -0.2) is 12.5 Å². The van der Waals surface area contributed by atoms with Gasteiger partial charge in [-0.05, 0) is 12.1 Å². The van der Waals surface area contributed by atoms with Crippen molar-refractivity contribution in [3.8, 4) is 0 Å². The molecule has 0 unspecified atom stereocenters. The number of halogens is 2. The normalized spacial score (nSPS) is 10.3. The first-order valence-electron chi connectivity index (χ1n) is 6.26. The van der Waals surface area contributed by atoms with Gasteiger partial charge in [-0.25, -0.2) is 0 Å². The number of amides is 1. The van der Waals surface area contributed by atoms with E-state index < -0.39 is 0 Å². The van der Waals surface area contributed by atoms with Crippen LogP contribution >= 0.6 is 23.2 Å². The van der Waals surface area contributed by atoms with Crippen molar-refractivity contribution in [3.05, 3.63) is 64.1 Å². The minimum absolute atomic E-state index is 0.106. The lowest BCUT2D eigenvalue weighted by molar-refractivity contribution is -0.659. The first-order chi connectivity index (χ1) is 9.66. The van der Waals surface area contributed by atoms with Crippen LogP contribution in [0.5, 0.6) is 0 Å². The summed E-state index contributed by atoms with van der Waals surface area (Å²) in [5.74, 6) is -0.106. The summed E-state index contributed by atoms with van der Waals surface area (Å²) < 4.78 is 0. The highest BCUT2D eigenvalue weighted by Crippen LogP contribution is 2.29. The van der Waals surface area contributed by atoms with Crippen LogP contribution in [0.2, 0.25) is 10.0 Å². The molecule has 0 heterocycles. The quantitative estimate of drug-likeness (QED) is 0.876. The van der Waals surface area contributed by atoms with Crippen LogP contribution in [0.1, 0.15) is 5.56 Å². The van der Waals surface area contributed by atoms with E-state index in [9.17, 15) is 4.79 Å². The van der Waals surface area contributed by atoms with Crippen molar-refractivity contribution < 1.29 is 10.1 Å². The molecule has 3 nitrogen and oxygen atoms in total. The average molecular weight is 310 g/mol. The van der Waals surface area contributed by atoms with Gasteiger partial charge in [0.25, 0.3) is 5.91 Å². The molecule has 0 aliphatic carbocycles. The van der Waals surface area contributed by atoms with Crippen molar-refractivity contribution in [2.45, 2.75) is 6.54 Å². The van der Waals surface area contributed by atoms with E-state index in [0.717, 1.165) is 6.54 Å². The van der Waals surface area contributed by atoms with Gasteiger partial charge < -0.3 is 10.6 Å². The number of hydrogen-bond acceptors (Lipinski definition) is 1. The summed E-state index contributed by atoms with van der Waals surface area (Å²) in [6, 6.07) is 15.1. The highest BCUT2D eigenvalue weighted by molar-refractivity contribution is 6.43. The fourth-order valence-corrected chi connectivity index (χ4v) is 2.13. The zero-order chi connectivity index (χ0) is 14.4. The fourth-order valence-electron chi connectivity index (χ4n) is 1.79. The molecule has 0 saturated heterocycles. The zero-order valence-electron chi connectivity index (χ0n) is 10.8. The van der Waals surface area contributed by atoms with Crippen LogP contribution in [0.4, 0.5) is 5.69 Å². The van der Waals surface area contributed by atoms with E-state index in [0.29, 0.717) is 22.3 Å². The van der Waals surface area contributed by atoms with E-state index in [1.54, 1.807) is 18.2 Å². The van der Waals surface area contributed by atoms with E-state index >= 15 is 0 Å². The van der Waals surface area contributed by atoms with Gasteiger partial charge in [0.15, 0.2) is 6.54 Å². The smallest absolute Gasteiger partial charge is 0.279 e. The predicted molar refractivity (Wildman–Crippen MR) is 82.0 cm³/mol. The van der Waals surface area contributed by atoms with Gasteiger partial charge in [-0.15, -0.1) is 0 Å². The van der Waals surface area contributed by atoms with E-state index in [1.165, 1.54) is 5.56 Å². The van der Waals surface area contributed by atoms with Crippen molar-refractivity contribution >= 4 is 34.8 Å². The number of benzene rings is 2. The molecule has 2 aromatic carbocycles. The van der Waals surface area contributed by atoms with Crippen molar-refractivity contribution in [2.75, 3.05) is 11.9 Å². The summed E-state index contributed by atoms with van der Waals surface area (Å²) >= 11 is 11.9. The molecule has 0 saturated carbocycles. The molecule has 0 aromatic heterocycles. The average Bonchev–Trinajstić information content (AvgIpc) is 2.45. The Balaban J connectivity index is 1.82. The Morgan fingerprint density at radius 3 is 2.55 bits per heavy atom. The number of hydrogen-bond donors (Lipinski definition) is 2. The Morgan fingerprint density at radius 2 is 1.80 bits per heavy atom. The highest BCUT2D eigenvalue weighted by Gasteiger charge is 2.09. The van der Waals surface area contributed by atoms with Gasteiger partial charge in [-0.3, -0.25) is 4.79 Å². The summed E-state index contributed by atoms with van der Waals surface area (Å²) in [5.41, 5.74) is 1.72. The summed E-state index contributed by atoms with van der Waals surface area (Å²) in [7, 11) is 0. The molecule has 1 amide bonds. The molecule has 3 N–H and O–H groups in total. The topological polar surface area (TPSA) is 45.7 Å². The number of nitrogens with two attached hydrogens (primary N) is 1. The molecule has 0 atom stereocenters. The maximum Gasteiger partial charge on any atom is 0.279 e. The van der Waals surface area contributed by atoms with Gasteiger partial charge >= 0.3 is 0 Å². The summed E-state index contributed by atoms with van der Waals surface area (Å²) in [5, 5.41) is 5.48. The largest absolute Gasteiger partial charge is 0.335 e. The SMILES string of the molecule is O=C(C[NH2+]Cc1ccccc1)Nc1cccc(Cl)c1Cl. The monoisotopic (exact) mass is 309 g/mol. The van der Waals surface area contributed by atoms with Crippen molar-refractivity contribution in [1.29, 1.82) is 0 Å². The lowest BCUT2D eigenvalue weighted by Crippen LogP contribution is -2.84. The second-order valence-electron chi connectivity index (χ2n) is 4.33. The molecule has 0 bridgehead atoms. The number of nitrogens with one attached hydrogen (secondary N) is 1. The molecule has 0 aliphatic heterocycles. The molecule has 2 rings (SSSR count). The first-order valence-corrected chi connectivity index (χ1v) is 7.02. The van der Waals surface area contributed by atoms with Crippen LogP contribution in [0.3, 0.4) is 0 Å². The second kappa shape index (κ2) is 7.29. The van der Waals surface area contributed by atoms with Gasteiger partial charge in [-0.1, -0.05) is 59.6 Å². The Kier molecular flexibility index (Phi) is 5.41. The number of anilines is 1. The molecule has 0 aliphatic rings. The molecule has 0 fully saturated rings. The maximum atomic E-state index is 11.8. The molecule has 5 heteroatoms. The highest BCUT2D eigenvalue weighted by atomic mass is 35.5. The van der Waals surface area contributed by atoms with E-state index in [1.807, 2.05) is 35.6 Å². The van der Waals surface area contributed by atoms with Gasteiger partial charge in [0.2, 0.25) is 0 Å². The van der Waals surface area contributed by atoms with Crippen LogP contribution in [0.15, 0.2) is 48.5 Å². The molecule has 0 spiro atoms. The van der Waals surface area contributed by atoms with Gasteiger partial charge in [-0.2, -0.15) is 0 Å². The molecule has 104 valence electrons. The number of quaternary nitrogens is 1. The minimum atomic E-state index is -0.106. The van der Waals surface area contributed by atoms with E-state index in [2.05, 4.69) is 5.32 Å². The molecular formula is C15H15Cl2N2O+. The lowest BCUT2D eigenvalue weighted by atomic mass is 10.2. The van der Waals surface area contributed by atoms with Crippen molar-refractivity contribution in [1.82, 2.24) is 0 Å². The van der Waals surface area contributed by atoms with E-state index in [4.69, 9.17) is 23.2 Å². The Bertz CT molecular complexity index is 588. The third kappa shape index (κ3) is 4.23. The van der Waals surface area contributed by atoms with Crippen molar-refractivity contribution in [3.63, 3.8) is 0 Å². The first kappa shape index (κ1) is 14.9. The van der Waals surface area contributed by atoms with Gasteiger partial charge in [0.05, 0.1) is 15.7 Å². The number of rotatable bonds is 5. The van der Waals surface area contributed by atoms with Crippen LogP contribution in [-0.2, 0) is 11.3 Å². The summed E-state index contributed by atoms with van der Waals surface area (Å²) in [6.45, 7) is 1.09. The number of carbonyl (C=O) groups excluding carboxylic acids is 1. The second-order valence-corrected chi connectivity index (χ2v) is 5.12. The third-order valence-electron chi connectivity index (χ3n) is 2.78. The lowest BCUT2D eigenvalue weighted by Gasteiger charge is -2.07. The molecular weight excluding hydrogens is 295 g/mol. The maximum absolute atomic E-state index is 11.8. The third-order valence-corrected chi connectivity index (χ3v) is 3.60. The van der Waals surface area contributed by atoms with Gasteiger partial charge in [0, 0.05) is 5.56 Å². The standard InChI is InChI=1S/C15H14Cl2N2O/c16-12-7-4-8-13(15(12)17)19-14(20)10-18-9-11-5-2-1-3-6-11/h1-8,18H,9-10H2,(H,19,20)/p+1.